The maximum atomic E-state index is 9.64. The largest absolute Gasteiger partial charge is 0.393 e. The van der Waals surface area contributed by atoms with Crippen molar-refractivity contribution < 1.29 is 5.11 Å². The summed E-state index contributed by atoms with van der Waals surface area (Å²) in [6, 6.07) is 0. The number of aliphatic hydroxyl groups is 1. The molecular formula is C9H16O. The smallest absolute Gasteiger partial charge is 0.0596 e. The second kappa shape index (κ2) is 1.76. The van der Waals surface area contributed by atoms with Crippen LogP contribution in [0.4, 0.5) is 0 Å². The predicted octanol–water partition coefficient (Wildman–Crippen LogP) is 1.80. The van der Waals surface area contributed by atoms with Crippen LogP contribution in [0.3, 0.4) is 0 Å². The Balaban J connectivity index is 2.19. The topological polar surface area (TPSA) is 20.2 Å². The summed E-state index contributed by atoms with van der Waals surface area (Å²) in [4.78, 5) is 0. The van der Waals surface area contributed by atoms with E-state index in [1.54, 1.807) is 0 Å². The van der Waals surface area contributed by atoms with Gasteiger partial charge in [0, 0.05) is 0 Å². The van der Waals surface area contributed by atoms with Gasteiger partial charge < -0.3 is 5.11 Å². The maximum Gasteiger partial charge on any atom is 0.0596 e. The molecule has 0 amide bonds. The van der Waals surface area contributed by atoms with Gasteiger partial charge >= 0.3 is 0 Å². The van der Waals surface area contributed by atoms with Crippen LogP contribution in [0, 0.1) is 17.3 Å². The molecule has 1 nitrogen and oxygen atoms in total. The Morgan fingerprint density at radius 3 is 2.20 bits per heavy atom. The van der Waals surface area contributed by atoms with Crippen LogP contribution in [0.15, 0.2) is 0 Å². The summed E-state index contributed by atoms with van der Waals surface area (Å²) in [7, 11) is 0. The minimum absolute atomic E-state index is 0.0231. The molecule has 0 radical (unpaired) electrons. The summed E-state index contributed by atoms with van der Waals surface area (Å²) in [6.45, 7) is 4.42. The van der Waals surface area contributed by atoms with Gasteiger partial charge in [-0.1, -0.05) is 13.8 Å². The molecule has 0 aromatic carbocycles. The molecule has 1 heteroatoms. The second-order valence-corrected chi connectivity index (χ2v) is 4.52. The van der Waals surface area contributed by atoms with Gasteiger partial charge in [0.05, 0.1) is 6.10 Å². The number of fused-ring (bicyclic) bond motifs is 1. The summed E-state index contributed by atoms with van der Waals surface area (Å²) >= 11 is 0. The van der Waals surface area contributed by atoms with Gasteiger partial charge in [0.25, 0.3) is 0 Å². The van der Waals surface area contributed by atoms with Crippen LogP contribution < -0.4 is 0 Å². The number of rotatable bonds is 0. The molecule has 2 rings (SSSR count). The first-order valence-corrected chi connectivity index (χ1v) is 4.30. The van der Waals surface area contributed by atoms with Crippen LogP contribution >= 0.6 is 0 Å². The summed E-state index contributed by atoms with van der Waals surface area (Å²) in [5, 5.41) is 9.64. The Labute approximate surface area is 62.4 Å². The molecule has 0 saturated heterocycles. The molecule has 2 fully saturated rings. The summed E-state index contributed by atoms with van der Waals surface area (Å²) in [5.74, 6) is 1.70. The van der Waals surface area contributed by atoms with E-state index in [9.17, 15) is 5.11 Å². The molecule has 0 aliphatic heterocycles. The lowest BCUT2D eigenvalue weighted by atomic mass is 9.67. The van der Waals surface area contributed by atoms with Crippen molar-refractivity contribution in [3.63, 3.8) is 0 Å². The molecule has 58 valence electrons. The molecule has 2 aliphatic carbocycles. The number of aliphatic hydroxyl groups excluding tert-OH is 1. The highest BCUT2D eigenvalue weighted by Crippen LogP contribution is 2.56. The third-order valence-corrected chi connectivity index (χ3v) is 3.76. The van der Waals surface area contributed by atoms with Crippen LogP contribution in [-0.2, 0) is 0 Å². The van der Waals surface area contributed by atoms with Crippen molar-refractivity contribution in [2.75, 3.05) is 0 Å². The van der Waals surface area contributed by atoms with E-state index in [0.29, 0.717) is 0 Å². The van der Waals surface area contributed by atoms with Gasteiger partial charge in [0.2, 0.25) is 0 Å². The van der Waals surface area contributed by atoms with E-state index >= 15 is 0 Å². The molecule has 2 aliphatic rings. The fraction of sp³-hybridized carbons (Fsp3) is 1.00. The fourth-order valence-electron chi connectivity index (χ4n) is 2.67. The molecule has 0 unspecified atom stereocenters. The summed E-state index contributed by atoms with van der Waals surface area (Å²) in [6.07, 6.45) is 3.77. The molecule has 10 heavy (non-hydrogen) atoms. The Bertz CT molecular complexity index is 151. The fourth-order valence-corrected chi connectivity index (χ4v) is 2.67. The zero-order valence-electron chi connectivity index (χ0n) is 6.80. The summed E-state index contributed by atoms with van der Waals surface area (Å²) < 4.78 is 0. The third kappa shape index (κ3) is 0.619. The molecule has 0 bridgehead atoms. The average molecular weight is 140 g/mol. The van der Waals surface area contributed by atoms with Gasteiger partial charge in [-0.15, -0.1) is 0 Å². The minimum atomic E-state index is -0.0231. The molecular weight excluding hydrogens is 124 g/mol. The molecule has 2 saturated carbocycles. The van der Waals surface area contributed by atoms with Gasteiger partial charge in [0.15, 0.2) is 0 Å². The van der Waals surface area contributed by atoms with Crippen molar-refractivity contribution >= 4 is 0 Å². The molecule has 0 heterocycles. The highest BCUT2D eigenvalue weighted by atomic mass is 16.3. The Morgan fingerprint density at radius 1 is 1.30 bits per heavy atom. The van der Waals surface area contributed by atoms with Crippen molar-refractivity contribution in [3.8, 4) is 0 Å². The van der Waals surface area contributed by atoms with Gasteiger partial charge in [-0.25, -0.2) is 0 Å². The highest BCUT2D eigenvalue weighted by Gasteiger charge is 2.52. The molecule has 0 spiro atoms. The lowest BCUT2D eigenvalue weighted by Crippen LogP contribution is -2.33. The zero-order valence-corrected chi connectivity index (χ0v) is 6.80. The third-order valence-electron chi connectivity index (χ3n) is 3.76. The van der Waals surface area contributed by atoms with Crippen LogP contribution in [0.1, 0.15) is 33.1 Å². The molecule has 0 aromatic rings. The highest BCUT2D eigenvalue weighted by molar-refractivity contribution is 5.02. The zero-order chi connectivity index (χ0) is 7.35. The van der Waals surface area contributed by atoms with E-state index in [1.807, 2.05) is 0 Å². The lowest BCUT2D eigenvalue weighted by Gasteiger charge is -2.39. The van der Waals surface area contributed by atoms with Crippen LogP contribution in [-0.4, -0.2) is 11.2 Å². The second-order valence-electron chi connectivity index (χ2n) is 4.52. The van der Waals surface area contributed by atoms with Gasteiger partial charge in [-0.2, -0.15) is 0 Å². The van der Waals surface area contributed by atoms with Crippen molar-refractivity contribution in [1.29, 1.82) is 0 Å². The quantitative estimate of drug-likeness (QED) is 0.544. The average Bonchev–Trinajstić information content (AvgIpc) is 1.88. The first kappa shape index (κ1) is 6.66. The monoisotopic (exact) mass is 140 g/mol. The summed E-state index contributed by atoms with van der Waals surface area (Å²) in [5.41, 5.74) is 0.225. The minimum Gasteiger partial charge on any atom is -0.393 e. The lowest BCUT2D eigenvalue weighted by molar-refractivity contribution is 0.0360. The van der Waals surface area contributed by atoms with E-state index in [4.69, 9.17) is 0 Å². The molecule has 1 N–H and O–H groups in total. The normalized spacial score (nSPS) is 50.1. The molecule has 3 atom stereocenters. The van der Waals surface area contributed by atoms with Gasteiger partial charge in [-0.05, 0) is 36.5 Å². The number of hydrogen-bond donors (Lipinski definition) is 1. The van der Waals surface area contributed by atoms with Crippen molar-refractivity contribution in [1.82, 2.24) is 0 Å². The van der Waals surface area contributed by atoms with E-state index in [1.165, 1.54) is 12.8 Å². The van der Waals surface area contributed by atoms with Gasteiger partial charge in [-0.3, -0.25) is 0 Å². The molecule has 0 aromatic heterocycles. The van der Waals surface area contributed by atoms with Crippen molar-refractivity contribution in [2.45, 2.75) is 39.2 Å². The Morgan fingerprint density at radius 2 is 2.00 bits per heavy atom. The van der Waals surface area contributed by atoms with Gasteiger partial charge in [0.1, 0.15) is 0 Å². The Hall–Kier alpha value is -0.0400. The van der Waals surface area contributed by atoms with Crippen LogP contribution in [0.5, 0.6) is 0 Å². The van der Waals surface area contributed by atoms with Crippen molar-refractivity contribution in [3.05, 3.63) is 0 Å². The van der Waals surface area contributed by atoms with E-state index in [0.717, 1.165) is 18.3 Å². The first-order chi connectivity index (χ1) is 4.62. The maximum absolute atomic E-state index is 9.64. The van der Waals surface area contributed by atoms with Crippen LogP contribution in [0.2, 0.25) is 0 Å². The first-order valence-electron chi connectivity index (χ1n) is 4.30. The SMILES string of the molecule is CC1(C)[C@H](O)C[C@@H]2CC[C@H]21. The number of hydrogen-bond acceptors (Lipinski definition) is 1. The Kier molecular flexibility index (Phi) is 1.17. The standard InChI is InChI=1S/C9H16O/c1-9(2)7-4-3-6(7)5-8(9)10/h6-8,10H,3-5H2,1-2H3/t6-,7+,8+/m0/s1. The van der Waals surface area contributed by atoms with E-state index in [2.05, 4.69) is 13.8 Å². The predicted molar refractivity (Wildman–Crippen MR) is 40.6 cm³/mol. The van der Waals surface area contributed by atoms with Crippen LogP contribution in [0.25, 0.3) is 0 Å². The van der Waals surface area contributed by atoms with E-state index < -0.39 is 0 Å². The van der Waals surface area contributed by atoms with Crippen molar-refractivity contribution in [2.24, 2.45) is 17.3 Å². The van der Waals surface area contributed by atoms with E-state index in [-0.39, 0.29) is 11.5 Å².